The highest BCUT2D eigenvalue weighted by atomic mass is 35.5. The second-order valence-corrected chi connectivity index (χ2v) is 7.45. The molecule has 6 nitrogen and oxygen atoms in total. The summed E-state index contributed by atoms with van der Waals surface area (Å²) in [6.07, 6.45) is 0.439. The van der Waals surface area contributed by atoms with Gasteiger partial charge >= 0.3 is 0 Å². The summed E-state index contributed by atoms with van der Waals surface area (Å²) in [4.78, 5) is 0. The fraction of sp³-hybridized carbons (Fsp3) is 0.636. The Bertz CT molecular complexity index is 647. The van der Waals surface area contributed by atoms with Crippen LogP contribution in [0, 0.1) is 11.3 Å². The van der Waals surface area contributed by atoms with Crippen molar-refractivity contribution in [3.63, 3.8) is 0 Å². The molecular formula is C11H14ClN3O3S. The van der Waals surface area contributed by atoms with Crippen LogP contribution in [0.3, 0.4) is 0 Å². The molecule has 1 atom stereocenters. The van der Waals surface area contributed by atoms with Gasteiger partial charge in [-0.05, 0) is 13.3 Å². The van der Waals surface area contributed by atoms with Gasteiger partial charge in [0.05, 0.1) is 23.7 Å². The quantitative estimate of drug-likeness (QED) is 0.834. The topological polar surface area (TPSA) is 85.0 Å². The molecule has 0 amide bonds. The van der Waals surface area contributed by atoms with Crippen LogP contribution in [-0.4, -0.2) is 36.8 Å². The lowest BCUT2D eigenvalue weighted by molar-refractivity contribution is 0.179. The van der Waals surface area contributed by atoms with Crippen LogP contribution in [0.1, 0.15) is 24.6 Å². The van der Waals surface area contributed by atoms with Crippen molar-refractivity contribution >= 4 is 21.4 Å². The maximum absolute atomic E-state index is 11.6. The first-order chi connectivity index (χ1) is 8.83. The van der Waals surface area contributed by atoms with Gasteiger partial charge in [0, 0.05) is 7.11 Å². The van der Waals surface area contributed by atoms with Gasteiger partial charge in [0.2, 0.25) is 0 Å². The van der Waals surface area contributed by atoms with Gasteiger partial charge in [-0.25, -0.2) is 13.1 Å². The van der Waals surface area contributed by atoms with E-state index < -0.39 is 15.4 Å². The largest absolute Gasteiger partial charge is 0.378 e. The Balaban J connectivity index is 2.50. The minimum Gasteiger partial charge on any atom is -0.378 e. The number of hydrogen-bond acceptors (Lipinski definition) is 5. The third kappa shape index (κ3) is 2.48. The SMILES string of the molecule is COCc1nn(C2(C)CCS(=O)(=O)C2)c(Cl)c1C#N. The van der Waals surface area contributed by atoms with Crippen molar-refractivity contribution in [2.75, 3.05) is 18.6 Å². The van der Waals surface area contributed by atoms with E-state index in [0.717, 1.165) is 0 Å². The van der Waals surface area contributed by atoms with Crippen LogP contribution in [0.15, 0.2) is 0 Å². The van der Waals surface area contributed by atoms with Gasteiger partial charge < -0.3 is 4.74 Å². The smallest absolute Gasteiger partial charge is 0.152 e. The number of sulfone groups is 1. The number of halogens is 1. The van der Waals surface area contributed by atoms with Crippen LogP contribution in [0.5, 0.6) is 0 Å². The lowest BCUT2D eigenvalue weighted by atomic mass is 10.0. The number of nitrogens with zero attached hydrogens (tertiary/aromatic N) is 3. The van der Waals surface area contributed by atoms with Crippen molar-refractivity contribution in [2.24, 2.45) is 0 Å². The predicted octanol–water partition coefficient (Wildman–Crippen LogP) is 1.09. The van der Waals surface area contributed by atoms with E-state index in [1.165, 1.54) is 11.8 Å². The Labute approximate surface area is 116 Å². The first kappa shape index (κ1) is 14.3. The van der Waals surface area contributed by atoms with Crippen molar-refractivity contribution in [3.8, 4) is 6.07 Å². The second kappa shape index (κ2) is 4.78. The average molecular weight is 304 g/mol. The van der Waals surface area contributed by atoms with Crippen molar-refractivity contribution in [3.05, 3.63) is 16.4 Å². The van der Waals surface area contributed by atoms with Crippen LogP contribution in [-0.2, 0) is 26.7 Å². The summed E-state index contributed by atoms with van der Waals surface area (Å²) in [7, 11) is -1.58. The first-order valence-corrected chi connectivity index (χ1v) is 7.90. The number of ether oxygens (including phenoxy) is 1. The molecule has 2 rings (SSSR count). The van der Waals surface area contributed by atoms with Crippen molar-refractivity contribution in [2.45, 2.75) is 25.5 Å². The number of hydrogen-bond donors (Lipinski definition) is 0. The minimum absolute atomic E-state index is 0.0152. The number of methoxy groups -OCH3 is 1. The number of aromatic nitrogens is 2. The van der Waals surface area contributed by atoms with E-state index in [1.54, 1.807) is 6.92 Å². The summed E-state index contributed by atoms with van der Waals surface area (Å²) < 4.78 is 29.7. The van der Waals surface area contributed by atoms with Crippen LogP contribution in [0.25, 0.3) is 0 Å². The molecule has 0 spiro atoms. The van der Waals surface area contributed by atoms with Gasteiger partial charge in [0.25, 0.3) is 0 Å². The molecule has 1 saturated heterocycles. The lowest BCUT2D eigenvalue weighted by Crippen LogP contribution is -2.32. The molecule has 19 heavy (non-hydrogen) atoms. The molecule has 2 heterocycles. The van der Waals surface area contributed by atoms with E-state index in [2.05, 4.69) is 5.10 Å². The zero-order valence-electron chi connectivity index (χ0n) is 10.7. The first-order valence-electron chi connectivity index (χ1n) is 5.70. The fourth-order valence-electron chi connectivity index (χ4n) is 2.31. The minimum atomic E-state index is -3.08. The Morgan fingerprint density at radius 3 is 2.79 bits per heavy atom. The van der Waals surface area contributed by atoms with E-state index in [0.29, 0.717) is 12.1 Å². The molecule has 1 aliphatic heterocycles. The summed E-state index contributed by atoms with van der Waals surface area (Å²) in [5.74, 6) is 0.0971. The zero-order valence-corrected chi connectivity index (χ0v) is 12.3. The molecule has 0 bridgehead atoms. The highest BCUT2D eigenvalue weighted by molar-refractivity contribution is 7.91. The standard InChI is InChI=1S/C11H14ClN3O3S/c1-11(3-4-19(16,17)7-11)15-10(12)8(5-13)9(14-15)6-18-2/h3-4,6-7H2,1-2H3. The Morgan fingerprint density at radius 2 is 2.32 bits per heavy atom. The molecule has 0 saturated carbocycles. The Hall–Kier alpha value is -1.10. The maximum Gasteiger partial charge on any atom is 0.152 e. The van der Waals surface area contributed by atoms with Gasteiger partial charge in [-0.3, -0.25) is 0 Å². The molecule has 1 fully saturated rings. The van der Waals surface area contributed by atoms with Gasteiger partial charge in [0.1, 0.15) is 22.5 Å². The van der Waals surface area contributed by atoms with Crippen LogP contribution in [0.2, 0.25) is 5.15 Å². The van der Waals surface area contributed by atoms with E-state index >= 15 is 0 Å². The van der Waals surface area contributed by atoms with Gasteiger partial charge in [-0.15, -0.1) is 0 Å². The lowest BCUT2D eigenvalue weighted by Gasteiger charge is -2.23. The molecule has 8 heteroatoms. The van der Waals surface area contributed by atoms with E-state index in [9.17, 15) is 8.42 Å². The zero-order chi connectivity index (χ0) is 14.3. The number of nitriles is 1. The summed E-state index contributed by atoms with van der Waals surface area (Å²) in [5, 5.41) is 13.5. The molecule has 0 N–H and O–H groups in total. The molecule has 0 radical (unpaired) electrons. The van der Waals surface area contributed by atoms with Crippen LogP contribution in [0.4, 0.5) is 0 Å². The van der Waals surface area contributed by atoms with E-state index in [-0.39, 0.29) is 28.8 Å². The van der Waals surface area contributed by atoms with Gasteiger partial charge in [-0.1, -0.05) is 11.6 Å². The second-order valence-electron chi connectivity index (χ2n) is 4.91. The van der Waals surface area contributed by atoms with E-state index in [1.807, 2.05) is 6.07 Å². The van der Waals surface area contributed by atoms with Gasteiger partial charge in [-0.2, -0.15) is 10.4 Å². The third-order valence-corrected chi connectivity index (χ3v) is 5.53. The normalized spacial score (nSPS) is 25.4. The van der Waals surface area contributed by atoms with Crippen molar-refractivity contribution in [1.82, 2.24) is 9.78 Å². The Kier molecular flexibility index (Phi) is 3.60. The summed E-state index contributed by atoms with van der Waals surface area (Å²) in [6.45, 7) is 1.95. The molecule has 1 aliphatic rings. The molecule has 1 aromatic rings. The molecule has 0 aliphatic carbocycles. The highest BCUT2D eigenvalue weighted by Gasteiger charge is 2.42. The molecule has 0 aromatic carbocycles. The van der Waals surface area contributed by atoms with Crippen LogP contribution >= 0.6 is 11.6 Å². The summed E-state index contributed by atoms with van der Waals surface area (Å²) in [5.41, 5.74) is -0.0254. The van der Waals surface area contributed by atoms with Crippen molar-refractivity contribution < 1.29 is 13.2 Å². The average Bonchev–Trinajstić information content (AvgIpc) is 2.78. The van der Waals surface area contributed by atoms with Gasteiger partial charge in [0.15, 0.2) is 9.84 Å². The van der Waals surface area contributed by atoms with Crippen LogP contribution < -0.4 is 0 Å². The van der Waals surface area contributed by atoms with E-state index in [4.69, 9.17) is 21.6 Å². The monoisotopic (exact) mass is 303 g/mol. The molecule has 1 unspecified atom stereocenters. The molecular weight excluding hydrogens is 290 g/mol. The molecule has 1 aromatic heterocycles. The highest BCUT2D eigenvalue weighted by Crippen LogP contribution is 2.34. The maximum atomic E-state index is 11.6. The summed E-state index contributed by atoms with van der Waals surface area (Å²) >= 11 is 6.16. The number of rotatable bonds is 3. The molecule has 104 valence electrons. The fourth-order valence-corrected chi connectivity index (χ4v) is 4.81. The summed E-state index contributed by atoms with van der Waals surface area (Å²) in [6, 6.07) is 1.99. The third-order valence-electron chi connectivity index (χ3n) is 3.29. The van der Waals surface area contributed by atoms with Crippen molar-refractivity contribution in [1.29, 1.82) is 5.26 Å². The predicted molar refractivity (Wildman–Crippen MR) is 69.6 cm³/mol. The Morgan fingerprint density at radius 1 is 1.63 bits per heavy atom.